The minimum absolute atomic E-state index is 0.0629. The maximum Gasteiger partial charge on any atom is 0.239 e. The van der Waals surface area contributed by atoms with Crippen LogP contribution in [0.2, 0.25) is 0 Å². The number of amides is 1. The molecule has 0 atom stereocenters. The van der Waals surface area contributed by atoms with Gasteiger partial charge in [-0.05, 0) is 30.5 Å². The number of nitrogens with one attached hydrogen (secondary N) is 1. The molecule has 0 aliphatic heterocycles. The molecule has 1 amide bonds. The van der Waals surface area contributed by atoms with Gasteiger partial charge in [0.15, 0.2) is 9.84 Å². The number of benzene rings is 2. The van der Waals surface area contributed by atoms with Crippen molar-refractivity contribution in [3.63, 3.8) is 0 Å². The molecule has 1 aromatic heterocycles. The van der Waals surface area contributed by atoms with Crippen molar-refractivity contribution in [1.29, 1.82) is 0 Å². The molecule has 2 aromatic carbocycles. The highest BCUT2D eigenvalue weighted by molar-refractivity contribution is 7.90. The van der Waals surface area contributed by atoms with Gasteiger partial charge in [0.1, 0.15) is 6.54 Å². The Balaban J connectivity index is 1.87. The van der Waals surface area contributed by atoms with E-state index in [0.29, 0.717) is 18.5 Å². The Bertz CT molecular complexity index is 1100. The molecule has 0 aliphatic rings. The van der Waals surface area contributed by atoms with E-state index in [9.17, 15) is 13.2 Å². The summed E-state index contributed by atoms with van der Waals surface area (Å²) in [5, 5.41) is 3.47. The number of carbonyl (C=O) groups excluding carboxylic acids is 1. The van der Waals surface area contributed by atoms with Crippen LogP contribution in [0.5, 0.6) is 0 Å². The van der Waals surface area contributed by atoms with Gasteiger partial charge in [-0.25, -0.2) is 8.42 Å². The molecule has 1 N–H and O–H groups in total. The summed E-state index contributed by atoms with van der Waals surface area (Å²) in [6, 6.07) is 14.7. The van der Waals surface area contributed by atoms with Crippen molar-refractivity contribution >= 4 is 26.6 Å². The molecule has 0 radical (unpaired) electrons. The molecule has 3 aromatic rings. The lowest BCUT2D eigenvalue weighted by atomic mass is 10.1. The van der Waals surface area contributed by atoms with Gasteiger partial charge in [-0.1, -0.05) is 42.5 Å². The molecule has 0 fully saturated rings. The Kier molecular flexibility index (Phi) is 6.71. The lowest BCUT2D eigenvalue weighted by Gasteiger charge is -2.07. The van der Waals surface area contributed by atoms with Gasteiger partial charge in [0, 0.05) is 37.4 Å². The fourth-order valence-electron chi connectivity index (χ4n) is 3.30. The van der Waals surface area contributed by atoms with E-state index in [2.05, 4.69) is 5.32 Å². The fourth-order valence-corrected chi connectivity index (χ4v) is 4.99. The Morgan fingerprint density at radius 1 is 1.10 bits per heavy atom. The molecule has 0 spiro atoms. The first-order valence-corrected chi connectivity index (χ1v) is 11.2. The topological polar surface area (TPSA) is 77.4 Å². The van der Waals surface area contributed by atoms with Gasteiger partial charge in [0.05, 0.1) is 10.6 Å². The Hall–Kier alpha value is -2.64. The lowest BCUT2D eigenvalue weighted by Crippen LogP contribution is -2.28. The normalized spacial score (nSPS) is 11.7. The van der Waals surface area contributed by atoms with Gasteiger partial charge >= 0.3 is 0 Å². The van der Waals surface area contributed by atoms with Crippen LogP contribution in [-0.2, 0) is 31.7 Å². The van der Waals surface area contributed by atoms with E-state index in [1.165, 1.54) is 0 Å². The number of sulfone groups is 1. The van der Waals surface area contributed by atoms with Crippen molar-refractivity contribution in [2.75, 3.05) is 20.3 Å². The first-order valence-electron chi connectivity index (χ1n) is 9.53. The molecular weight excluding hydrogens is 388 g/mol. The molecular formula is C22H26N2O4S. The number of aromatic nitrogens is 1. The van der Waals surface area contributed by atoms with Crippen LogP contribution in [0.15, 0.2) is 59.6 Å². The molecule has 3 rings (SSSR count). The summed E-state index contributed by atoms with van der Waals surface area (Å²) in [7, 11) is -1.95. The molecule has 0 unspecified atom stereocenters. The summed E-state index contributed by atoms with van der Waals surface area (Å²) in [5.41, 5.74) is 2.44. The number of methoxy groups -OCH3 is 1. The van der Waals surface area contributed by atoms with E-state index in [1.54, 1.807) is 23.9 Å². The van der Waals surface area contributed by atoms with E-state index >= 15 is 0 Å². The second-order valence-electron chi connectivity index (χ2n) is 7.02. The van der Waals surface area contributed by atoms with E-state index in [0.717, 1.165) is 23.1 Å². The van der Waals surface area contributed by atoms with Gasteiger partial charge in [0.2, 0.25) is 5.91 Å². The van der Waals surface area contributed by atoms with Crippen LogP contribution in [-0.4, -0.2) is 39.2 Å². The van der Waals surface area contributed by atoms with Gasteiger partial charge in [-0.15, -0.1) is 0 Å². The van der Waals surface area contributed by atoms with Crippen LogP contribution in [0, 0.1) is 6.92 Å². The number of rotatable bonds is 9. The van der Waals surface area contributed by atoms with Crippen LogP contribution < -0.4 is 5.32 Å². The second kappa shape index (κ2) is 9.24. The third-order valence-corrected chi connectivity index (χ3v) is 6.54. The number of ether oxygens (including phenoxy) is 1. The van der Waals surface area contributed by atoms with Crippen LogP contribution in [0.4, 0.5) is 0 Å². The number of aryl methyl sites for hydroxylation is 1. The summed E-state index contributed by atoms with van der Waals surface area (Å²) in [5.74, 6) is -0.235. The highest BCUT2D eigenvalue weighted by Gasteiger charge is 2.22. The zero-order valence-corrected chi connectivity index (χ0v) is 17.5. The number of hydrogen-bond acceptors (Lipinski definition) is 4. The monoisotopic (exact) mass is 414 g/mol. The maximum atomic E-state index is 13.2. The first kappa shape index (κ1) is 21.1. The minimum Gasteiger partial charge on any atom is -0.385 e. The summed E-state index contributed by atoms with van der Waals surface area (Å²) in [4.78, 5) is 12.5. The van der Waals surface area contributed by atoms with Gasteiger partial charge in [-0.3, -0.25) is 4.79 Å². The SMILES string of the molecule is COCCCNC(=O)Cn1cc(S(=O)(=O)Cc2ccccc2C)c2ccccc21. The Labute approximate surface area is 171 Å². The molecule has 0 saturated carbocycles. The van der Waals surface area contributed by atoms with E-state index < -0.39 is 9.84 Å². The van der Waals surface area contributed by atoms with Crippen molar-refractivity contribution in [3.05, 3.63) is 65.9 Å². The van der Waals surface area contributed by atoms with Crippen LogP contribution in [0.3, 0.4) is 0 Å². The quantitative estimate of drug-likeness (QED) is 0.546. The second-order valence-corrected chi connectivity index (χ2v) is 8.98. The predicted molar refractivity (Wildman–Crippen MR) is 114 cm³/mol. The molecule has 154 valence electrons. The molecule has 6 nitrogen and oxygen atoms in total. The standard InChI is InChI=1S/C22H26N2O4S/c1-17-8-3-4-9-18(17)16-29(26,27)21-14-24(20-11-6-5-10-19(20)21)15-22(25)23-12-7-13-28-2/h3-6,8-11,14H,7,12-13,15-16H2,1-2H3,(H,23,25). The zero-order chi connectivity index (χ0) is 20.9. The number of para-hydroxylation sites is 1. The van der Waals surface area contributed by atoms with E-state index in [-0.39, 0.29) is 23.1 Å². The molecule has 0 saturated heterocycles. The number of hydrogen-bond donors (Lipinski definition) is 1. The summed E-state index contributed by atoms with van der Waals surface area (Å²) in [6.45, 7) is 3.06. The van der Waals surface area contributed by atoms with Crippen LogP contribution in [0.25, 0.3) is 10.9 Å². The van der Waals surface area contributed by atoms with Gasteiger partial charge in [0.25, 0.3) is 0 Å². The fraction of sp³-hybridized carbons (Fsp3) is 0.318. The van der Waals surface area contributed by atoms with Crippen molar-refractivity contribution < 1.29 is 17.9 Å². The summed E-state index contributed by atoms with van der Waals surface area (Å²) in [6.07, 6.45) is 2.30. The Morgan fingerprint density at radius 2 is 1.83 bits per heavy atom. The highest BCUT2D eigenvalue weighted by Crippen LogP contribution is 2.28. The molecule has 7 heteroatoms. The van der Waals surface area contributed by atoms with Crippen molar-refractivity contribution in [3.8, 4) is 0 Å². The number of carbonyl (C=O) groups is 1. The van der Waals surface area contributed by atoms with Gasteiger partial charge < -0.3 is 14.6 Å². The largest absolute Gasteiger partial charge is 0.385 e. The molecule has 1 heterocycles. The Morgan fingerprint density at radius 3 is 2.59 bits per heavy atom. The first-order chi connectivity index (χ1) is 13.9. The van der Waals surface area contributed by atoms with Crippen molar-refractivity contribution in [2.24, 2.45) is 0 Å². The highest BCUT2D eigenvalue weighted by atomic mass is 32.2. The molecule has 0 bridgehead atoms. The average Bonchev–Trinajstić information content (AvgIpc) is 3.06. The molecule has 0 aliphatic carbocycles. The van der Waals surface area contributed by atoms with E-state index in [1.807, 2.05) is 49.4 Å². The zero-order valence-electron chi connectivity index (χ0n) is 16.7. The summed E-state index contributed by atoms with van der Waals surface area (Å²) >= 11 is 0. The summed E-state index contributed by atoms with van der Waals surface area (Å²) < 4.78 is 33.0. The third kappa shape index (κ3) is 5.05. The van der Waals surface area contributed by atoms with Crippen LogP contribution >= 0.6 is 0 Å². The number of nitrogens with zero attached hydrogens (tertiary/aromatic N) is 1. The average molecular weight is 415 g/mol. The third-order valence-electron chi connectivity index (χ3n) is 4.86. The minimum atomic E-state index is -3.57. The van der Waals surface area contributed by atoms with Crippen LogP contribution in [0.1, 0.15) is 17.5 Å². The maximum absolute atomic E-state index is 13.2. The smallest absolute Gasteiger partial charge is 0.239 e. The van der Waals surface area contributed by atoms with Crippen molar-refractivity contribution in [2.45, 2.75) is 30.5 Å². The lowest BCUT2D eigenvalue weighted by molar-refractivity contribution is -0.121. The van der Waals surface area contributed by atoms with E-state index in [4.69, 9.17) is 4.74 Å². The number of fused-ring (bicyclic) bond motifs is 1. The van der Waals surface area contributed by atoms with Gasteiger partial charge in [-0.2, -0.15) is 0 Å². The molecule has 29 heavy (non-hydrogen) atoms. The predicted octanol–water partition coefficient (Wildman–Crippen LogP) is 3.08. The van der Waals surface area contributed by atoms with Crippen molar-refractivity contribution in [1.82, 2.24) is 9.88 Å².